The van der Waals surface area contributed by atoms with Gasteiger partial charge in [0, 0.05) is 41.0 Å². The molecule has 1 aromatic heterocycles. The lowest BCUT2D eigenvalue weighted by atomic mass is 9.71. The number of nitrogens with zero attached hydrogens (tertiary/aromatic N) is 2. The maximum absolute atomic E-state index is 12.8. The SMILES string of the molecule is CCCS(=O)(=O)N1CCC(CC(C)NC(=O)c2ccc(Cl)cc2Cl)(c2cccc(C)n2)CC1. The second-order valence-corrected chi connectivity index (χ2v) is 11.8. The van der Waals surface area contributed by atoms with E-state index in [-0.39, 0.29) is 23.1 Å². The maximum atomic E-state index is 12.8. The average molecular weight is 513 g/mol. The summed E-state index contributed by atoms with van der Waals surface area (Å²) in [5.41, 5.74) is 1.90. The number of aryl methyl sites for hydroxylation is 1. The first-order valence-electron chi connectivity index (χ1n) is 11.2. The van der Waals surface area contributed by atoms with Crippen LogP contribution in [0.1, 0.15) is 61.3 Å². The number of hydrogen-bond donors (Lipinski definition) is 1. The van der Waals surface area contributed by atoms with E-state index < -0.39 is 10.0 Å². The van der Waals surface area contributed by atoms with Crippen LogP contribution in [0.3, 0.4) is 0 Å². The third-order valence-electron chi connectivity index (χ3n) is 6.22. The summed E-state index contributed by atoms with van der Waals surface area (Å²) in [4.78, 5) is 17.6. The smallest absolute Gasteiger partial charge is 0.253 e. The van der Waals surface area contributed by atoms with E-state index in [4.69, 9.17) is 28.2 Å². The van der Waals surface area contributed by atoms with Crippen LogP contribution < -0.4 is 5.32 Å². The van der Waals surface area contributed by atoms with Crippen LogP contribution in [-0.2, 0) is 15.4 Å². The van der Waals surface area contributed by atoms with Gasteiger partial charge in [-0.05, 0) is 69.9 Å². The monoisotopic (exact) mass is 511 g/mol. The van der Waals surface area contributed by atoms with Crippen LogP contribution in [0.4, 0.5) is 0 Å². The Morgan fingerprint density at radius 1 is 1.21 bits per heavy atom. The van der Waals surface area contributed by atoms with E-state index in [1.165, 1.54) is 0 Å². The summed E-state index contributed by atoms with van der Waals surface area (Å²) in [5, 5.41) is 3.82. The number of carbonyl (C=O) groups is 1. The van der Waals surface area contributed by atoms with Crippen molar-refractivity contribution in [3.05, 3.63) is 63.4 Å². The number of piperidine rings is 1. The fourth-order valence-electron chi connectivity index (χ4n) is 4.60. The molecular weight excluding hydrogens is 481 g/mol. The predicted molar refractivity (Wildman–Crippen MR) is 134 cm³/mol. The molecule has 0 aliphatic carbocycles. The largest absolute Gasteiger partial charge is 0.350 e. The molecule has 2 aromatic rings. The second kappa shape index (κ2) is 10.7. The molecular formula is C24H31Cl2N3O3S. The molecule has 1 atom stereocenters. The summed E-state index contributed by atoms with van der Waals surface area (Å²) < 4.78 is 26.8. The first-order valence-corrected chi connectivity index (χ1v) is 13.6. The van der Waals surface area contributed by atoms with E-state index in [1.54, 1.807) is 22.5 Å². The Kier molecular flexibility index (Phi) is 8.43. The molecule has 0 spiro atoms. The second-order valence-electron chi connectivity index (χ2n) is 8.86. The van der Waals surface area contributed by atoms with Gasteiger partial charge in [-0.15, -0.1) is 0 Å². The van der Waals surface area contributed by atoms with Gasteiger partial charge in [0.2, 0.25) is 10.0 Å². The molecule has 33 heavy (non-hydrogen) atoms. The normalized spacial score (nSPS) is 17.5. The molecule has 0 bridgehead atoms. The zero-order valence-corrected chi connectivity index (χ0v) is 21.6. The van der Waals surface area contributed by atoms with Gasteiger partial charge in [0.15, 0.2) is 0 Å². The van der Waals surface area contributed by atoms with Gasteiger partial charge >= 0.3 is 0 Å². The number of nitrogens with one attached hydrogen (secondary N) is 1. The van der Waals surface area contributed by atoms with Crippen molar-refractivity contribution in [3.63, 3.8) is 0 Å². The van der Waals surface area contributed by atoms with Crippen molar-refractivity contribution in [2.24, 2.45) is 0 Å². The molecule has 2 heterocycles. The molecule has 1 aliphatic rings. The van der Waals surface area contributed by atoms with E-state index in [0.717, 1.165) is 11.4 Å². The number of pyridine rings is 1. The molecule has 1 unspecified atom stereocenters. The lowest BCUT2D eigenvalue weighted by Crippen LogP contribution is -2.49. The van der Waals surface area contributed by atoms with Crippen LogP contribution in [-0.4, -0.2) is 48.5 Å². The highest BCUT2D eigenvalue weighted by Crippen LogP contribution is 2.39. The quantitative estimate of drug-likeness (QED) is 0.541. The molecule has 1 aromatic carbocycles. The van der Waals surface area contributed by atoms with Crippen molar-refractivity contribution >= 4 is 39.1 Å². The summed E-state index contributed by atoms with van der Waals surface area (Å²) in [7, 11) is -3.25. The van der Waals surface area contributed by atoms with Crippen molar-refractivity contribution in [3.8, 4) is 0 Å². The third-order valence-corrected chi connectivity index (χ3v) is 8.84. The van der Waals surface area contributed by atoms with Crippen molar-refractivity contribution in [1.82, 2.24) is 14.6 Å². The van der Waals surface area contributed by atoms with Crippen molar-refractivity contribution in [2.45, 2.75) is 57.9 Å². The Morgan fingerprint density at radius 3 is 2.52 bits per heavy atom. The number of benzene rings is 1. The summed E-state index contributed by atoms with van der Waals surface area (Å²) in [6.45, 7) is 6.67. The number of rotatable bonds is 8. The number of amides is 1. The van der Waals surface area contributed by atoms with E-state index in [1.807, 2.05) is 39.0 Å². The number of halogens is 2. The number of sulfonamides is 1. The molecule has 1 saturated heterocycles. The fourth-order valence-corrected chi connectivity index (χ4v) is 6.60. The summed E-state index contributed by atoms with van der Waals surface area (Å²) in [5.74, 6) is -0.101. The average Bonchev–Trinajstić information content (AvgIpc) is 2.73. The molecule has 0 radical (unpaired) electrons. The zero-order chi connectivity index (χ0) is 24.2. The highest BCUT2D eigenvalue weighted by Gasteiger charge is 2.41. The van der Waals surface area contributed by atoms with Crippen molar-refractivity contribution in [2.75, 3.05) is 18.8 Å². The Balaban J connectivity index is 1.80. The Labute approximate surface area is 206 Å². The summed E-state index contributed by atoms with van der Waals surface area (Å²) >= 11 is 12.2. The summed E-state index contributed by atoms with van der Waals surface area (Å²) in [6.07, 6.45) is 2.53. The fraction of sp³-hybridized carbons (Fsp3) is 0.500. The van der Waals surface area contributed by atoms with Gasteiger partial charge in [-0.25, -0.2) is 12.7 Å². The molecule has 1 aliphatic heterocycles. The van der Waals surface area contributed by atoms with Crippen LogP contribution in [0.5, 0.6) is 0 Å². The van der Waals surface area contributed by atoms with Crippen LogP contribution in [0.2, 0.25) is 10.0 Å². The molecule has 9 heteroatoms. The van der Waals surface area contributed by atoms with E-state index >= 15 is 0 Å². The van der Waals surface area contributed by atoms with E-state index in [2.05, 4.69) is 5.32 Å². The van der Waals surface area contributed by atoms with Crippen LogP contribution in [0.25, 0.3) is 0 Å². The maximum Gasteiger partial charge on any atom is 0.253 e. The van der Waals surface area contributed by atoms with Gasteiger partial charge in [-0.1, -0.05) is 36.2 Å². The minimum absolute atomic E-state index is 0.164. The Hall–Kier alpha value is -1.67. The Morgan fingerprint density at radius 2 is 1.91 bits per heavy atom. The lowest BCUT2D eigenvalue weighted by Gasteiger charge is -2.42. The van der Waals surface area contributed by atoms with E-state index in [0.29, 0.717) is 54.4 Å². The minimum atomic E-state index is -3.25. The first-order chi connectivity index (χ1) is 15.6. The molecule has 1 fully saturated rings. The molecule has 180 valence electrons. The van der Waals surface area contributed by atoms with Crippen molar-refractivity contribution in [1.29, 1.82) is 0 Å². The highest BCUT2D eigenvalue weighted by molar-refractivity contribution is 7.89. The molecule has 1 amide bonds. The lowest BCUT2D eigenvalue weighted by molar-refractivity contribution is 0.0927. The highest BCUT2D eigenvalue weighted by atomic mass is 35.5. The molecule has 6 nitrogen and oxygen atoms in total. The first kappa shape index (κ1) is 25.9. The van der Waals surface area contributed by atoms with Gasteiger partial charge < -0.3 is 5.32 Å². The minimum Gasteiger partial charge on any atom is -0.350 e. The molecule has 1 N–H and O–H groups in total. The summed E-state index contributed by atoms with van der Waals surface area (Å²) in [6, 6.07) is 10.6. The predicted octanol–water partition coefficient (Wildman–Crippen LogP) is 4.98. The van der Waals surface area contributed by atoms with Gasteiger partial charge in [-0.3, -0.25) is 9.78 Å². The van der Waals surface area contributed by atoms with Crippen LogP contribution >= 0.6 is 23.2 Å². The third kappa shape index (κ3) is 6.27. The topological polar surface area (TPSA) is 79.4 Å². The van der Waals surface area contributed by atoms with Crippen LogP contribution in [0, 0.1) is 6.92 Å². The van der Waals surface area contributed by atoms with Gasteiger partial charge in [0.25, 0.3) is 5.91 Å². The van der Waals surface area contributed by atoms with Crippen LogP contribution in [0.15, 0.2) is 36.4 Å². The number of aromatic nitrogens is 1. The Bertz CT molecular complexity index is 1100. The van der Waals surface area contributed by atoms with Crippen molar-refractivity contribution < 1.29 is 13.2 Å². The van der Waals surface area contributed by atoms with Gasteiger partial charge in [-0.2, -0.15) is 0 Å². The zero-order valence-electron chi connectivity index (χ0n) is 19.3. The standard InChI is InChI=1S/C24H31Cl2N3O3S/c1-4-14-33(31,32)29-12-10-24(11-13-29,22-7-5-6-17(2)27-22)16-18(3)28-23(30)20-9-8-19(25)15-21(20)26/h5-9,15,18H,4,10-14,16H2,1-3H3,(H,28,30). The number of hydrogen-bond acceptors (Lipinski definition) is 4. The van der Waals surface area contributed by atoms with E-state index in [9.17, 15) is 13.2 Å². The van der Waals surface area contributed by atoms with Gasteiger partial charge in [0.05, 0.1) is 16.3 Å². The molecule has 3 rings (SSSR count). The van der Waals surface area contributed by atoms with Gasteiger partial charge in [0.1, 0.15) is 0 Å². The number of carbonyl (C=O) groups excluding carboxylic acids is 1. The molecule has 0 saturated carbocycles.